The number of carbonyl (C=O) groups is 1. The molecule has 0 aliphatic carbocycles. The first-order valence-electron chi connectivity index (χ1n) is 4.83. The minimum Gasteiger partial charge on any atom is -0.293 e. The predicted molar refractivity (Wildman–Crippen MR) is 59.9 cm³/mol. The van der Waals surface area contributed by atoms with E-state index in [-0.39, 0.29) is 11.2 Å². The van der Waals surface area contributed by atoms with Gasteiger partial charge in [0.1, 0.15) is 0 Å². The van der Waals surface area contributed by atoms with Crippen LogP contribution in [0.1, 0.15) is 49.0 Å². The summed E-state index contributed by atoms with van der Waals surface area (Å²) in [7, 11) is 0. The van der Waals surface area contributed by atoms with E-state index in [2.05, 4.69) is 25.8 Å². The third-order valence-corrected chi connectivity index (χ3v) is 3.07. The highest BCUT2D eigenvalue weighted by molar-refractivity contribution is 7.11. The summed E-state index contributed by atoms with van der Waals surface area (Å²) in [5.74, 6) is 0.236. The lowest BCUT2D eigenvalue weighted by Gasteiger charge is -2.16. The molecule has 0 unspecified atom stereocenters. The highest BCUT2D eigenvalue weighted by Gasteiger charge is 2.16. The second kappa shape index (κ2) is 4.22. The summed E-state index contributed by atoms with van der Waals surface area (Å²) in [6, 6.07) is 0. The van der Waals surface area contributed by atoms with Crippen LogP contribution in [0, 0.1) is 12.3 Å². The van der Waals surface area contributed by atoms with Crippen LogP contribution in [0.15, 0.2) is 5.51 Å². The SMILES string of the molecule is Cc1ncsc1C(=O)CCC(C)(C)C. The number of carbonyl (C=O) groups excluding carboxylic acids is 1. The molecule has 0 radical (unpaired) electrons. The maximum absolute atomic E-state index is 11.7. The Morgan fingerprint density at radius 3 is 2.57 bits per heavy atom. The quantitative estimate of drug-likeness (QED) is 0.717. The van der Waals surface area contributed by atoms with Crippen LogP contribution in [-0.4, -0.2) is 10.8 Å². The van der Waals surface area contributed by atoms with Crippen molar-refractivity contribution in [1.82, 2.24) is 4.98 Å². The van der Waals surface area contributed by atoms with Gasteiger partial charge in [-0.05, 0) is 18.8 Å². The molecule has 78 valence electrons. The number of hydrogen-bond donors (Lipinski definition) is 0. The van der Waals surface area contributed by atoms with E-state index in [4.69, 9.17) is 0 Å². The van der Waals surface area contributed by atoms with Gasteiger partial charge in [0.2, 0.25) is 0 Å². The van der Waals surface area contributed by atoms with Gasteiger partial charge < -0.3 is 0 Å². The molecule has 0 saturated heterocycles. The van der Waals surface area contributed by atoms with Crippen LogP contribution in [0.2, 0.25) is 0 Å². The van der Waals surface area contributed by atoms with Gasteiger partial charge in [-0.2, -0.15) is 0 Å². The van der Waals surface area contributed by atoms with Gasteiger partial charge in [0.15, 0.2) is 5.78 Å². The number of rotatable bonds is 3. The van der Waals surface area contributed by atoms with Crippen LogP contribution in [-0.2, 0) is 0 Å². The molecule has 1 aromatic rings. The van der Waals surface area contributed by atoms with E-state index in [1.54, 1.807) is 5.51 Å². The largest absolute Gasteiger partial charge is 0.293 e. The lowest BCUT2D eigenvalue weighted by Crippen LogP contribution is -2.09. The van der Waals surface area contributed by atoms with Gasteiger partial charge in [-0.3, -0.25) is 4.79 Å². The summed E-state index contributed by atoms with van der Waals surface area (Å²) in [5.41, 5.74) is 2.84. The molecule has 1 aromatic heterocycles. The fraction of sp³-hybridized carbons (Fsp3) is 0.636. The summed E-state index contributed by atoms with van der Waals surface area (Å²) in [6.07, 6.45) is 1.57. The topological polar surface area (TPSA) is 30.0 Å². The third kappa shape index (κ3) is 3.22. The van der Waals surface area contributed by atoms with E-state index in [1.807, 2.05) is 6.92 Å². The molecular formula is C11H17NOS. The smallest absolute Gasteiger partial charge is 0.174 e. The van der Waals surface area contributed by atoms with Gasteiger partial charge in [-0.1, -0.05) is 20.8 Å². The van der Waals surface area contributed by atoms with Crippen LogP contribution >= 0.6 is 11.3 Å². The van der Waals surface area contributed by atoms with Crippen molar-refractivity contribution in [3.05, 3.63) is 16.1 Å². The Morgan fingerprint density at radius 1 is 1.50 bits per heavy atom. The summed E-state index contributed by atoms with van der Waals surface area (Å²) in [4.78, 5) is 16.7. The zero-order valence-electron chi connectivity index (χ0n) is 9.26. The van der Waals surface area contributed by atoms with Crippen LogP contribution in [0.4, 0.5) is 0 Å². The molecule has 1 rings (SSSR count). The van der Waals surface area contributed by atoms with Gasteiger partial charge in [0.25, 0.3) is 0 Å². The number of aryl methyl sites for hydroxylation is 1. The minimum atomic E-state index is 0.230. The zero-order valence-corrected chi connectivity index (χ0v) is 10.1. The zero-order chi connectivity index (χ0) is 10.8. The molecule has 2 nitrogen and oxygen atoms in total. The Hall–Kier alpha value is -0.700. The lowest BCUT2D eigenvalue weighted by molar-refractivity contribution is 0.0969. The van der Waals surface area contributed by atoms with Crippen molar-refractivity contribution in [2.75, 3.05) is 0 Å². The third-order valence-electron chi connectivity index (χ3n) is 2.10. The molecule has 0 bridgehead atoms. The Bertz CT molecular complexity index is 322. The molecule has 3 heteroatoms. The number of thiazole rings is 1. The first-order chi connectivity index (χ1) is 6.40. The van der Waals surface area contributed by atoms with E-state index in [0.29, 0.717) is 6.42 Å². The van der Waals surface area contributed by atoms with E-state index in [0.717, 1.165) is 17.0 Å². The monoisotopic (exact) mass is 211 g/mol. The molecule has 14 heavy (non-hydrogen) atoms. The fourth-order valence-electron chi connectivity index (χ4n) is 1.17. The van der Waals surface area contributed by atoms with Crippen LogP contribution in [0.3, 0.4) is 0 Å². The highest BCUT2D eigenvalue weighted by Crippen LogP contribution is 2.23. The van der Waals surface area contributed by atoms with Gasteiger partial charge in [-0.15, -0.1) is 11.3 Å². The number of hydrogen-bond acceptors (Lipinski definition) is 3. The van der Waals surface area contributed by atoms with E-state index >= 15 is 0 Å². The van der Waals surface area contributed by atoms with Crippen molar-refractivity contribution in [3.8, 4) is 0 Å². The maximum Gasteiger partial charge on any atom is 0.174 e. The van der Waals surface area contributed by atoms with Crippen molar-refractivity contribution in [2.45, 2.75) is 40.5 Å². The first-order valence-corrected chi connectivity index (χ1v) is 5.71. The first kappa shape index (κ1) is 11.4. The van der Waals surface area contributed by atoms with Crippen LogP contribution in [0.5, 0.6) is 0 Å². The minimum absolute atomic E-state index is 0.230. The second-order valence-corrected chi connectivity index (χ2v) is 5.61. The normalized spacial score (nSPS) is 11.7. The Labute approximate surface area is 89.4 Å². The molecule has 0 fully saturated rings. The van der Waals surface area contributed by atoms with Gasteiger partial charge >= 0.3 is 0 Å². The number of aromatic nitrogens is 1. The Balaban J connectivity index is 2.56. The molecule has 0 aliphatic rings. The molecular weight excluding hydrogens is 194 g/mol. The van der Waals surface area contributed by atoms with Crippen LogP contribution < -0.4 is 0 Å². The Morgan fingerprint density at radius 2 is 2.14 bits per heavy atom. The summed E-state index contributed by atoms with van der Waals surface area (Å²) < 4.78 is 0. The standard InChI is InChI=1S/C11H17NOS/c1-8-10(14-7-12-8)9(13)5-6-11(2,3)4/h7H,5-6H2,1-4H3. The molecule has 1 heterocycles. The van der Waals surface area contributed by atoms with E-state index in [9.17, 15) is 4.79 Å². The summed E-state index contributed by atoms with van der Waals surface area (Å²) in [5, 5.41) is 0. The maximum atomic E-state index is 11.7. The van der Waals surface area contributed by atoms with Gasteiger partial charge in [-0.25, -0.2) is 4.98 Å². The van der Waals surface area contributed by atoms with Crippen molar-refractivity contribution >= 4 is 17.1 Å². The summed E-state index contributed by atoms with van der Waals surface area (Å²) >= 11 is 1.45. The molecule has 0 saturated carbocycles. The van der Waals surface area contributed by atoms with Crippen molar-refractivity contribution < 1.29 is 4.79 Å². The van der Waals surface area contributed by atoms with Crippen molar-refractivity contribution in [3.63, 3.8) is 0 Å². The number of ketones is 1. The summed E-state index contributed by atoms with van der Waals surface area (Å²) in [6.45, 7) is 8.35. The molecule has 0 atom stereocenters. The van der Waals surface area contributed by atoms with Crippen molar-refractivity contribution in [2.24, 2.45) is 5.41 Å². The average Bonchev–Trinajstić information content (AvgIpc) is 2.46. The Kier molecular flexibility index (Phi) is 3.43. The molecule has 0 aromatic carbocycles. The highest BCUT2D eigenvalue weighted by atomic mass is 32.1. The van der Waals surface area contributed by atoms with Crippen molar-refractivity contribution in [1.29, 1.82) is 0 Å². The molecule has 0 N–H and O–H groups in total. The fourth-order valence-corrected chi connectivity index (χ4v) is 1.94. The molecule has 0 amide bonds. The number of Topliss-reactive ketones (excluding diaryl/α,β-unsaturated/α-hetero) is 1. The number of nitrogens with zero attached hydrogens (tertiary/aromatic N) is 1. The lowest BCUT2D eigenvalue weighted by atomic mass is 9.89. The van der Waals surface area contributed by atoms with E-state index < -0.39 is 0 Å². The predicted octanol–water partition coefficient (Wildman–Crippen LogP) is 3.46. The average molecular weight is 211 g/mol. The molecule has 0 spiro atoms. The van der Waals surface area contributed by atoms with Gasteiger partial charge in [0.05, 0.1) is 16.1 Å². The second-order valence-electron chi connectivity index (χ2n) is 4.75. The molecule has 0 aliphatic heterocycles. The van der Waals surface area contributed by atoms with Crippen LogP contribution in [0.25, 0.3) is 0 Å². The van der Waals surface area contributed by atoms with E-state index in [1.165, 1.54) is 11.3 Å². The van der Waals surface area contributed by atoms with Gasteiger partial charge in [0, 0.05) is 6.42 Å².